The molecule has 0 saturated carbocycles. The van der Waals surface area contributed by atoms with E-state index in [1.165, 1.54) is 19.3 Å². The van der Waals surface area contributed by atoms with Crippen molar-refractivity contribution in [2.75, 3.05) is 26.2 Å². The van der Waals surface area contributed by atoms with Gasteiger partial charge in [-0.1, -0.05) is 55.8 Å². The maximum atomic E-state index is 14.0. The van der Waals surface area contributed by atoms with Gasteiger partial charge in [0.1, 0.15) is 23.7 Å². The van der Waals surface area contributed by atoms with Gasteiger partial charge in [0.15, 0.2) is 5.78 Å². The summed E-state index contributed by atoms with van der Waals surface area (Å²) in [5.74, 6) is 1.60. The van der Waals surface area contributed by atoms with E-state index in [0.717, 1.165) is 59.8 Å². The number of hydrogen-bond donors (Lipinski definition) is 0. The van der Waals surface area contributed by atoms with Gasteiger partial charge in [-0.05, 0) is 106 Å². The minimum atomic E-state index is -0.285. The van der Waals surface area contributed by atoms with Crippen LogP contribution in [0.5, 0.6) is 11.5 Å². The number of rotatable bonds is 10. The second-order valence-electron chi connectivity index (χ2n) is 10.9. The second kappa shape index (κ2) is 12.9. The molecular formula is C34H41NO3. The van der Waals surface area contributed by atoms with Gasteiger partial charge in [-0.15, -0.1) is 0 Å². The zero-order valence-electron chi connectivity index (χ0n) is 23.3. The zero-order chi connectivity index (χ0) is 27.0. The first-order valence-corrected chi connectivity index (χ1v) is 13.9. The molecule has 0 radical (unpaired) electrons. The van der Waals surface area contributed by atoms with Crippen LogP contribution >= 0.6 is 0 Å². The molecule has 0 spiro atoms. The van der Waals surface area contributed by atoms with E-state index < -0.39 is 0 Å². The highest BCUT2D eigenvalue weighted by Gasteiger charge is 2.21. The number of nitrogens with zero attached hydrogens (tertiary/aromatic N) is 1. The van der Waals surface area contributed by atoms with Gasteiger partial charge in [0, 0.05) is 17.7 Å². The molecule has 1 heterocycles. The fourth-order valence-electron chi connectivity index (χ4n) is 4.97. The SMILES string of the molecule is CC/C(=C(/C(=O)c1ccc(OCCN2CCCCC2)cc1)c1ccc(OC(C)(C)C)cc1)c1ccccc1. The molecule has 38 heavy (non-hydrogen) atoms. The Morgan fingerprint density at radius 1 is 0.763 bits per heavy atom. The molecule has 0 aromatic heterocycles. The average Bonchev–Trinajstić information content (AvgIpc) is 2.92. The van der Waals surface area contributed by atoms with Gasteiger partial charge < -0.3 is 9.47 Å². The topological polar surface area (TPSA) is 38.8 Å². The highest BCUT2D eigenvalue weighted by atomic mass is 16.5. The highest BCUT2D eigenvalue weighted by Crippen LogP contribution is 2.33. The van der Waals surface area contributed by atoms with E-state index in [1.807, 2.05) is 87.5 Å². The van der Waals surface area contributed by atoms with Crippen molar-refractivity contribution in [1.82, 2.24) is 4.90 Å². The molecule has 0 unspecified atom stereocenters. The predicted molar refractivity (Wildman–Crippen MR) is 157 cm³/mol. The third-order valence-electron chi connectivity index (χ3n) is 6.81. The van der Waals surface area contributed by atoms with E-state index in [2.05, 4.69) is 24.0 Å². The lowest BCUT2D eigenvalue weighted by Gasteiger charge is -2.26. The zero-order valence-corrected chi connectivity index (χ0v) is 23.3. The standard InChI is InChI=1S/C34H41NO3/c1-5-31(26-12-8-6-9-13-26)32(27-14-20-30(21-15-27)38-34(2,3)4)33(36)28-16-18-29(19-17-28)37-25-24-35-22-10-7-11-23-35/h6,8-9,12-21H,5,7,10-11,22-25H2,1-4H3/b32-31-. The number of piperidine rings is 1. The van der Waals surface area contributed by atoms with Crippen LogP contribution in [0, 0.1) is 0 Å². The Balaban J connectivity index is 1.58. The summed E-state index contributed by atoms with van der Waals surface area (Å²) in [4.78, 5) is 16.5. The van der Waals surface area contributed by atoms with Crippen molar-refractivity contribution < 1.29 is 14.3 Å². The predicted octanol–water partition coefficient (Wildman–Crippen LogP) is 7.93. The molecule has 0 atom stereocenters. The Kier molecular flexibility index (Phi) is 9.41. The summed E-state index contributed by atoms with van der Waals surface area (Å²) < 4.78 is 12.0. The Morgan fingerprint density at radius 3 is 1.97 bits per heavy atom. The van der Waals surface area contributed by atoms with Gasteiger partial charge >= 0.3 is 0 Å². The number of ketones is 1. The molecule has 1 fully saturated rings. The van der Waals surface area contributed by atoms with E-state index in [1.54, 1.807) is 0 Å². The lowest BCUT2D eigenvalue weighted by Crippen LogP contribution is -2.33. The fraction of sp³-hybridized carbons (Fsp3) is 0.382. The van der Waals surface area contributed by atoms with Crippen molar-refractivity contribution in [2.24, 2.45) is 0 Å². The maximum Gasteiger partial charge on any atom is 0.193 e. The van der Waals surface area contributed by atoms with Gasteiger partial charge in [0.2, 0.25) is 0 Å². The molecule has 200 valence electrons. The van der Waals surface area contributed by atoms with Crippen LogP contribution in [0.25, 0.3) is 11.1 Å². The van der Waals surface area contributed by atoms with Gasteiger partial charge in [0.05, 0.1) is 0 Å². The van der Waals surface area contributed by atoms with Gasteiger partial charge in [-0.25, -0.2) is 0 Å². The van der Waals surface area contributed by atoms with Crippen molar-refractivity contribution in [3.05, 3.63) is 95.6 Å². The summed E-state index contributed by atoms with van der Waals surface area (Å²) in [5.41, 5.74) is 4.07. The summed E-state index contributed by atoms with van der Waals surface area (Å²) in [7, 11) is 0. The largest absolute Gasteiger partial charge is 0.492 e. The van der Waals surface area contributed by atoms with E-state index >= 15 is 0 Å². The Morgan fingerprint density at radius 2 is 1.37 bits per heavy atom. The molecule has 0 aliphatic carbocycles. The third-order valence-corrected chi connectivity index (χ3v) is 6.81. The monoisotopic (exact) mass is 511 g/mol. The van der Waals surface area contributed by atoms with Crippen LogP contribution in [0.1, 0.15) is 74.9 Å². The third kappa shape index (κ3) is 7.58. The van der Waals surface area contributed by atoms with Crippen LogP contribution in [0.2, 0.25) is 0 Å². The molecule has 4 nitrogen and oxygen atoms in total. The first kappa shape index (κ1) is 27.7. The summed E-state index contributed by atoms with van der Waals surface area (Å²) in [6, 6.07) is 25.7. The number of carbonyl (C=O) groups is 1. The molecule has 0 amide bonds. The minimum absolute atomic E-state index is 0.00931. The second-order valence-corrected chi connectivity index (χ2v) is 10.9. The summed E-state index contributed by atoms with van der Waals surface area (Å²) >= 11 is 0. The lowest BCUT2D eigenvalue weighted by atomic mass is 9.88. The molecule has 4 rings (SSSR count). The van der Waals surface area contributed by atoms with Crippen LogP contribution in [0.4, 0.5) is 0 Å². The summed E-state index contributed by atoms with van der Waals surface area (Å²) in [5, 5.41) is 0. The van der Waals surface area contributed by atoms with Gasteiger partial charge in [-0.2, -0.15) is 0 Å². The van der Waals surface area contributed by atoms with E-state index in [9.17, 15) is 4.79 Å². The van der Waals surface area contributed by atoms with Crippen molar-refractivity contribution in [1.29, 1.82) is 0 Å². The highest BCUT2D eigenvalue weighted by molar-refractivity contribution is 6.34. The Labute approximate surface area is 228 Å². The molecule has 4 heteroatoms. The quantitative estimate of drug-likeness (QED) is 0.157. The van der Waals surface area contributed by atoms with Crippen LogP contribution < -0.4 is 9.47 Å². The number of carbonyl (C=O) groups excluding carboxylic acids is 1. The smallest absolute Gasteiger partial charge is 0.193 e. The van der Waals surface area contributed by atoms with Crippen LogP contribution in [0.15, 0.2) is 78.9 Å². The van der Waals surface area contributed by atoms with E-state index in [0.29, 0.717) is 12.2 Å². The number of hydrogen-bond acceptors (Lipinski definition) is 4. The fourth-order valence-corrected chi connectivity index (χ4v) is 4.97. The number of benzene rings is 3. The molecule has 1 aliphatic heterocycles. The molecular weight excluding hydrogens is 470 g/mol. The number of allylic oxidation sites excluding steroid dienone is 2. The van der Waals surface area contributed by atoms with Crippen LogP contribution in [-0.4, -0.2) is 42.5 Å². The first-order valence-electron chi connectivity index (χ1n) is 13.9. The van der Waals surface area contributed by atoms with Crippen molar-refractivity contribution in [2.45, 2.75) is 59.0 Å². The van der Waals surface area contributed by atoms with Crippen molar-refractivity contribution in [3.8, 4) is 11.5 Å². The number of Topliss-reactive ketones (excluding diaryl/α,β-unsaturated/α-hetero) is 1. The van der Waals surface area contributed by atoms with Gasteiger partial charge in [0.25, 0.3) is 0 Å². The molecule has 3 aromatic rings. The average molecular weight is 512 g/mol. The van der Waals surface area contributed by atoms with Crippen molar-refractivity contribution in [3.63, 3.8) is 0 Å². The molecule has 0 N–H and O–H groups in total. The molecule has 3 aromatic carbocycles. The molecule has 1 saturated heterocycles. The molecule has 1 aliphatic rings. The maximum absolute atomic E-state index is 14.0. The first-order chi connectivity index (χ1) is 18.3. The Bertz CT molecular complexity index is 1200. The van der Waals surface area contributed by atoms with Gasteiger partial charge in [-0.3, -0.25) is 9.69 Å². The van der Waals surface area contributed by atoms with Crippen molar-refractivity contribution >= 4 is 16.9 Å². The Hall–Kier alpha value is -3.37. The van der Waals surface area contributed by atoms with E-state index in [-0.39, 0.29) is 11.4 Å². The van der Waals surface area contributed by atoms with E-state index in [4.69, 9.17) is 9.47 Å². The normalized spacial score (nSPS) is 15.1. The lowest BCUT2D eigenvalue weighted by molar-refractivity contribution is 0.105. The minimum Gasteiger partial charge on any atom is -0.492 e. The number of ether oxygens (including phenoxy) is 2. The summed E-state index contributed by atoms with van der Waals surface area (Å²) in [6.07, 6.45) is 4.63. The summed E-state index contributed by atoms with van der Waals surface area (Å²) in [6.45, 7) is 12.1. The van der Waals surface area contributed by atoms with Crippen LogP contribution in [-0.2, 0) is 0 Å². The van der Waals surface area contributed by atoms with Crippen LogP contribution in [0.3, 0.4) is 0 Å². The molecule has 0 bridgehead atoms. The number of likely N-dealkylation sites (tertiary alicyclic amines) is 1.